The van der Waals surface area contributed by atoms with Gasteiger partial charge in [-0.25, -0.2) is 4.79 Å². The Morgan fingerprint density at radius 3 is 2.38 bits per heavy atom. The number of pyridine rings is 1. The number of nitrogens with zero attached hydrogens (tertiary/aromatic N) is 2. The summed E-state index contributed by atoms with van der Waals surface area (Å²) in [5.74, 6) is -0.313. The molecule has 2 N–H and O–H groups in total. The van der Waals surface area contributed by atoms with Crippen LogP contribution in [0.5, 0.6) is 0 Å². The van der Waals surface area contributed by atoms with Gasteiger partial charge in [-0.2, -0.15) is 0 Å². The van der Waals surface area contributed by atoms with Crippen molar-refractivity contribution in [2.45, 2.75) is 12.5 Å². The van der Waals surface area contributed by atoms with Crippen LogP contribution in [0.1, 0.15) is 17.3 Å². The van der Waals surface area contributed by atoms with Gasteiger partial charge in [-0.05, 0) is 28.8 Å². The molecule has 3 aromatic rings. The van der Waals surface area contributed by atoms with Crippen molar-refractivity contribution in [3.63, 3.8) is 0 Å². The van der Waals surface area contributed by atoms with Crippen LogP contribution in [0.25, 0.3) is 11.1 Å². The second kappa shape index (κ2) is 9.50. The van der Waals surface area contributed by atoms with E-state index in [-0.39, 0.29) is 5.91 Å². The number of hydrogen-bond donors (Lipinski definition) is 2. The lowest BCUT2D eigenvalue weighted by molar-refractivity contribution is -0.132. The molecule has 2 aromatic carbocycles. The van der Waals surface area contributed by atoms with Crippen molar-refractivity contribution in [3.05, 3.63) is 90.3 Å². The Kier molecular flexibility index (Phi) is 6.58. The summed E-state index contributed by atoms with van der Waals surface area (Å²) in [5, 5.41) is 11.7. The highest BCUT2D eigenvalue weighted by Crippen LogP contribution is 2.29. The summed E-state index contributed by atoms with van der Waals surface area (Å²) in [4.78, 5) is 30.4. The van der Waals surface area contributed by atoms with Gasteiger partial charge in [-0.15, -0.1) is 0 Å². The predicted octanol–water partition coefficient (Wildman–Crippen LogP) is 3.76. The second-order valence-corrected chi connectivity index (χ2v) is 6.67. The Labute approximate surface area is 169 Å². The first-order valence-electron chi connectivity index (χ1n) is 9.35. The third-order valence-electron chi connectivity index (χ3n) is 4.68. The van der Waals surface area contributed by atoms with E-state index in [0.717, 1.165) is 16.8 Å². The van der Waals surface area contributed by atoms with Gasteiger partial charge >= 0.3 is 6.09 Å². The number of carboxylic acid groups (broad SMARTS) is 1. The van der Waals surface area contributed by atoms with Crippen LogP contribution in [0, 0.1) is 0 Å². The molecule has 0 saturated heterocycles. The number of benzene rings is 2. The number of carbonyl (C=O) groups excluding carboxylic acids is 1. The van der Waals surface area contributed by atoms with Gasteiger partial charge < -0.3 is 15.3 Å². The van der Waals surface area contributed by atoms with Gasteiger partial charge in [0.2, 0.25) is 5.91 Å². The van der Waals surface area contributed by atoms with E-state index in [9.17, 15) is 14.7 Å². The van der Waals surface area contributed by atoms with E-state index >= 15 is 0 Å². The van der Waals surface area contributed by atoms with Crippen LogP contribution in [0.3, 0.4) is 0 Å². The van der Waals surface area contributed by atoms with Crippen molar-refractivity contribution < 1.29 is 14.7 Å². The first-order chi connectivity index (χ1) is 14.1. The maximum absolute atomic E-state index is 13.2. The van der Waals surface area contributed by atoms with E-state index in [4.69, 9.17) is 0 Å². The third kappa shape index (κ3) is 5.19. The Bertz CT molecular complexity index is 961. The quantitative estimate of drug-likeness (QED) is 0.645. The van der Waals surface area contributed by atoms with Gasteiger partial charge in [0, 0.05) is 31.9 Å². The monoisotopic (exact) mass is 389 g/mol. The van der Waals surface area contributed by atoms with Gasteiger partial charge in [0.25, 0.3) is 0 Å². The number of rotatable bonds is 7. The first kappa shape index (κ1) is 20.1. The van der Waals surface area contributed by atoms with Crippen LogP contribution in [-0.2, 0) is 11.2 Å². The fourth-order valence-electron chi connectivity index (χ4n) is 3.18. The van der Waals surface area contributed by atoms with Crippen LogP contribution >= 0.6 is 0 Å². The first-order valence-corrected chi connectivity index (χ1v) is 9.35. The minimum absolute atomic E-state index is 0.313. The molecule has 1 heterocycles. The van der Waals surface area contributed by atoms with Crippen LogP contribution in [0.2, 0.25) is 0 Å². The number of carbonyl (C=O) groups is 2. The SMILES string of the molecule is CN(CCc1ccccn1)C(=O)C(NC(=O)O)c1ccccc1-c1ccccc1. The zero-order valence-corrected chi connectivity index (χ0v) is 16.2. The fraction of sp³-hybridized carbons (Fsp3) is 0.174. The average molecular weight is 389 g/mol. The van der Waals surface area contributed by atoms with Crippen LogP contribution in [-0.4, -0.2) is 40.6 Å². The normalized spacial score (nSPS) is 11.5. The molecule has 2 amide bonds. The standard InChI is InChI=1S/C23H23N3O3/c1-26(16-14-18-11-7-8-15-24-18)22(27)21(25-23(28)29)20-13-6-5-12-19(20)17-9-3-2-4-10-17/h2-13,15,21,25H,14,16H2,1H3,(H,28,29). The molecule has 0 spiro atoms. The van der Waals surface area contributed by atoms with Gasteiger partial charge in [-0.1, -0.05) is 60.7 Å². The van der Waals surface area contributed by atoms with Crippen molar-refractivity contribution in [3.8, 4) is 11.1 Å². The molecule has 148 valence electrons. The van der Waals surface area contributed by atoms with Gasteiger partial charge in [0.15, 0.2) is 0 Å². The molecule has 6 heteroatoms. The van der Waals surface area contributed by atoms with E-state index in [1.165, 1.54) is 4.90 Å². The topological polar surface area (TPSA) is 82.5 Å². The summed E-state index contributed by atoms with van der Waals surface area (Å²) in [6.07, 6.45) is 1.05. The number of nitrogens with one attached hydrogen (secondary N) is 1. The van der Waals surface area contributed by atoms with Crippen molar-refractivity contribution in [1.29, 1.82) is 0 Å². The molecule has 1 unspecified atom stereocenters. The molecule has 0 aliphatic rings. The Morgan fingerprint density at radius 2 is 1.69 bits per heavy atom. The van der Waals surface area contributed by atoms with E-state index in [0.29, 0.717) is 18.5 Å². The highest BCUT2D eigenvalue weighted by atomic mass is 16.4. The molecule has 0 saturated carbocycles. The predicted molar refractivity (Wildman–Crippen MR) is 111 cm³/mol. The molecule has 0 fully saturated rings. The smallest absolute Gasteiger partial charge is 0.405 e. The van der Waals surface area contributed by atoms with Crippen LogP contribution < -0.4 is 5.32 Å². The average Bonchev–Trinajstić information content (AvgIpc) is 2.76. The van der Waals surface area contributed by atoms with Gasteiger partial charge in [0.05, 0.1) is 0 Å². The molecule has 0 aliphatic heterocycles. The lowest BCUT2D eigenvalue weighted by Gasteiger charge is -2.25. The lowest BCUT2D eigenvalue weighted by Crippen LogP contribution is -2.41. The number of likely N-dealkylation sites (N-methyl/N-ethyl adjacent to an activating group) is 1. The summed E-state index contributed by atoms with van der Waals surface area (Å²) in [6.45, 7) is 0.432. The highest BCUT2D eigenvalue weighted by molar-refractivity contribution is 5.89. The molecule has 3 rings (SSSR count). The molecule has 0 aliphatic carbocycles. The summed E-state index contributed by atoms with van der Waals surface area (Å²) in [5.41, 5.74) is 3.23. The van der Waals surface area contributed by atoms with Crippen LogP contribution in [0.4, 0.5) is 4.79 Å². The molecule has 29 heavy (non-hydrogen) atoms. The zero-order chi connectivity index (χ0) is 20.6. The van der Waals surface area contributed by atoms with Crippen molar-refractivity contribution >= 4 is 12.0 Å². The summed E-state index contributed by atoms with van der Waals surface area (Å²) in [6, 6.07) is 21.6. The molecular formula is C23H23N3O3. The molecule has 1 aromatic heterocycles. The van der Waals surface area contributed by atoms with Crippen LogP contribution in [0.15, 0.2) is 79.0 Å². The summed E-state index contributed by atoms with van der Waals surface area (Å²) >= 11 is 0. The number of amides is 2. The third-order valence-corrected chi connectivity index (χ3v) is 4.68. The molecule has 0 bridgehead atoms. The molecular weight excluding hydrogens is 366 g/mol. The maximum Gasteiger partial charge on any atom is 0.405 e. The summed E-state index contributed by atoms with van der Waals surface area (Å²) in [7, 11) is 1.67. The highest BCUT2D eigenvalue weighted by Gasteiger charge is 2.28. The number of hydrogen-bond acceptors (Lipinski definition) is 3. The summed E-state index contributed by atoms with van der Waals surface area (Å²) < 4.78 is 0. The van der Waals surface area contributed by atoms with Crippen molar-refractivity contribution in [1.82, 2.24) is 15.2 Å². The lowest BCUT2D eigenvalue weighted by atomic mass is 9.94. The Morgan fingerprint density at radius 1 is 1.00 bits per heavy atom. The zero-order valence-electron chi connectivity index (χ0n) is 16.2. The molecule has 1 atom stereocenters. The largest absolute Gasteiger partial charge is 0.465 e. The Balaban J connectivity index is 1.86. The van der Waals surface area contributed by atoms with Gasteiger partial charge in [-0.3, -0.25) is 9.78 Å². The fourth-order valence-corrected chi connectivity index (χ4v) is 3.18. The van der Waals surface area contributed by atoms with Crippen molar-refractivity contribution in [2.24, 2.45) is 0 Å². The molecule has 0 radical (unpaired) electrons. The minimum Gasteiger partial charge on any atom is -0.465 e. The minimum atomic E-state index is -1.25. The van der Waals surface area contributed by atoms with Crippen molar-refractivity contribution in [2.75, 3.05) is 13.6 Å². The second-order valence-electron chi connectivity index (χ2n) is 6.67. The Hall–Kier alpha value is -3.67. The maximum atomic E-state index is 13.2. The van der Waals surface area contributed by atoms with E-state index < -0.39 is 12.1 Å². The van der Waals surface area contributed by atoms with Gasteiger partial charge in [0.1, 0.15) is 6.04 Å². The number of aromatic nitrogens is 1. The van der Waals surface area contributed by atoms with E-state index in [1.54, 1.807) is 25.4 Å². The molecule has 6 nitrogen and oxygen atoms in total. The van der Waals surface area contributed by atoms with E-state index in [2.05, 4.69) is 10.3 Å². The van der Waals surface area contributed by atoms with E-state index in [1.807, 2.05) is 60.7 Å².